The summed E-state index contributed by atoms with van der Waals surface area (Å²) < 4.78 is 7.19. The molecule has 2 aliphatic rings. The number of nitrogens with zero attached hydrogens (tertiary/aromatic N) is 7. The Labute approximate surface area is 189 Å². The first-order valence-electron chi connectivity index (χ1n) is 10.5. The summed E-state index contributed by atoms with van der Waals surface area (Å²) in [6.45, 7) is 3.15. The van der Waals surface area contributed by atoms with Crippen LogP contribution in [-0.2, 0) is 4.74 Å². The van der Waals surface area contributed by atoms with Crippen molar-refractivity contribution in [2.75, 3.05) is 30.4 Å². The van der Waals surface area contributed by atoms with Gasteiger partial charge in [-0.3, -0.25) is 0 Å². The largest absolute Gasteiger partial charge is 0.388 e. The molecule has 4 heterocycles. The van der Waals surface area contributed by atoms with Crippen LogP contribution in [0.25, 0.3) is 11.2 Å². The van der Waals surface area contributed by atoms with Gasteiger partial charge in [0.15, 0.2) is 11.5 Å². The lowest BCUT2D eigenvalue weighted by atomic mass is 10.00. The molecule has 0 spiro atoms. The molecule has 3 N–H and O–H groups in total. The van der Waals surface area contributed by atoms with Gasteiger partial charge in [0.25, 0.3) is 0 Å². The summed E-state index contributed by atoms with van der Waals surface area (Å²) in [5.74, 6) is 1.42. The Morgan fingerprint density at radius 3 is 2.78 bits per heavy atom. The molecule has 0 aromatic carbocycles. The third-order valence-corrected chi connectivity index (χ3v) is 6.75. The first-order chi connectivity index (χ1) is 15.4. The summed E-state index contributed by atoms with van der Waals surface area (Å²) in [6, 6.07) is 1.48. The van der Waals surface area contributed by atoms with E-state index >= 15 is 0 Å². The number of rotatable bonds is 5. The quantitative estimate of drug-likeness (QED) is 0.474. The Morgan fingerprint density at radius 1 is 1.22 bits per heavy atom. The molecule has 11 nitrogen and oxygen atoms in total. The Morgan fingerprint density at radius 2 is 2.03 bits per heavy atom. The number of aliphatic hydroxyl groups is 2. The molecule has 0 amide bonds. The number of aromatic nitrogens is 6. The number of hydrogen-bond acceptors (Lipinski definition) is 10. The van der Waals surface area contributed by atoms with E-state index in [1.165, 1.54) is 19.8 Å². The molecule has 32 heavy (non-hydrogen) atoms. The molecule has 3 aromatic rings. The zero-order valence-electron chi connectivity index (χ0n) is 17.8. The van der Waals surface area contributed by atoms with E-state index in [4.69, 9.17) is 16.3 Å². The summed E-state index contributed by atoms with van der Waals surface area (Å²) in [5, 5.41) is 25.3. The van der Waals surface area contributed by atoms with Crippen LogP contribution >= 0.6 is 11.6 Å². The zero-order valence-corrected chi connectivity index (χ0v) is 18.5. The average molecular weight is 461 g/mol. The monoisotopic (exact) mass is 460 g/mol. The lowest BCUT2D eigenvalue weighted by Crippen LogP contribution is -2.45. The second kappa shape index (κ2) is 8.07. The van der Waals surface area contributed by atoms with Crippen LogP contribution < -0.4 is 10.2 Å². The molecule has 170 valence electrons. The van der Waals surface area contributed by atoms with Crippen LogP contribution in [0.2, 0.25) is 5.15 Å². The van der Waals surface area contributed by atoms with Crippen LogP contribution in [0.3, 0.4) is 0 Å². The maximum Gasteiger partial charge on any atom is 0.165 e. The van der Waals surface area contributed by atoms with E-state index in [0.717, 1.165) is 25.3 Å². The molecule has 5 atom stereocenters. The van der Waals surface area contributed by atoms with Gasteiger partial charge in [0.05, 0.1) is 18.5 Å². The topological polar surface area (TPSA) is 134 Å². The summed E-state index contributed by atoms with van der Waals surface area (Å²) in [4.78, 5) is 23.7. The first-order valence-corrected chi connectivity index (χ1v) is 10.9. The molecule has 0 unspecified atom stereocenters. The second-order valence-electron chi connectivity index (χ2n) is 8.52. The van der Waals surface area contributed by atoms with Gasteiger partial charge in [0.1, 0.15) is 40.8 Å². The molecule has 1 aliphatic carbocycles. The third-order valence-electron chi connectivity index (χ3n) is 6.54. The Balaban J connectivity index is 1.36. The van der Waals surface area contributed by atoms with E-state index in [9.17, 15) is 10.2 Å². The number of hydrogen-bond donors (Lipinski definition) is 3. The van der Waals surface area contributed by atoms with Crippen molar-refractivity contribution in [3.8, 4) is 0 Å². The smallest absolute Gasteiger partial charge is 0.165 e. The Bertz CT molecular complexity index is 1130. The zero-order chi connectivity index (χ0) is 22.5. The predicted octanol–water partition coefficient (Wildman–Crippen LogP) is 1.03. The number of fused-ring (bicyclic) bond motifs is 1. The fraction of sp³-hybridized carbons (Fsp3) is 0.550. The molecule has 2 fully saturated rings. The van der Waals surface area contributed by atoms with Gasteiger partial charge in [0, 0.05) is 32.3 Å². The number of imidazole rings is 1. The number of ether oxygens (including phenoxy) is 1. The molecular formula is C20H25ClN8O3. The van der Waals surface area contributed by atoms with Crippen molar-refractivity contribution < 1.29 is 14.9 Å². The van der Waals surface area contributed by atoms with Crippen LogP contribution in [0, 0.1) is 0 Å². The fourth-order valence-corrected chi connectivity index (χ4v) is 4.89. The molecule has 1 saturated carbocycles. The summed E-state index contributed by atoms with van der Waals surface area (Å²) in [7, 11) is 1.53. The minimum absolute atomic E-state index is 0.141. The minimum atomic E-state index is -1.36. The molecular weight excluding hydrogens is 436 g/mol. The SMILES string of the molecule is CO[C@@H]1C[C@@H](n2cnc3c(N[C@H]4CCN(c5cc(Cl)ncn5)C4)ncnc32)[C@H](O)[C@@]1(C)O. The Kier molecular flexibility index (Phi) is 5.36. The lowest BCUT2D eigenvalue weighted by Gasteiger charge is -2.28. The number of nitrogens with one attached hydrogen (secondary N) is 1. The van der Waals surface area contributed by atoms with Gasteiger partial charge in [-0.05, 0) is 19.8 Å². The molecule has 12 heteroatoms. The maximum absolute atomic E-state index is 10.7. The van der Waals surface area contributed by atoms with Gasteiger partial charge in [0.2, 0.25) is 0 Å². The third kappa shape index (κ3) is 3.54. The second-order valence-corrected chi connectivity index (χ2v) is 8.91. The number of anilines is 2. The lowest BCUT2D eigenvalue weighted by molar-refractivity contribution is -0.114. The summed E-state index contributed by atoms with van der Waals surface area (Å²) >= 11 is 5.99. The molecule has 3 aromatic heterocycles. The number of methoxy groups -OCH3 is 1. The van der Waals surface area contributed by atoms with E-state index < -0.39 is 23.9 Å². The van der Waals surface area contributed by atoms with Crippen molar-refractivity contribution in [1.82, 2.24) is 29.5 Å². The highest BCUT2D eigenvalue weighted by atomic mass is 35.5. The first kappa shape index (κ1) is 21.3. The van der Waals surface area contributed by atoms with Crippen LogP contribution in [0.1, 0.15) is 25.8 Å². The van der Waals surface area contributed by atoms with Crippen LogP contribution in [0.5, 0.6) is 0 Å². The van der Waals surface area contributed by atoms with Crippen LogP contribution in [0.15, 0.2) is 25.0 Å². The summed E-state index contributed by atoms with van der Waals surface area (Å²) in [5.41, 5.74) is -0.151. The van der Waals surface area contributed by atoms with E-state index in [2.05, 4.69) is 35.1 Å². The predicted molar refractivity (Wildman–Crippen MR) is 118 cm³/mol. The highest BCUT2D eigenvalue weighted by Gasteiger charge is 2.52. The normalized spacial score (nSPS) is 30.3. The van der Waals surface area contributed by atoms with E-state index in [0.29, 0.717) is 28.6 Å². The molecule has 0 bridgehead atoms. The van der Waals surface area contributed by atoms with Gasteiger partial charge >= 0.3 is 0 Å². The van der Waals surface area contributed by atoms with Crippen molar-refractivity contribution >= 4 is 34.4 Å². The highest BCUT2D eigenvalue weighted by Crippen LogP contribution is 2.41. The van der Waals surface area contributed by atoms with Gasteiger partial charge in [-0.25, -0.2) is 24.9 Å². The van der Waals surface area contributed by atoms with Crippen molar-refractivity contribution in [3.05, 3.63) is 30.2 Å². The van der Waals surface area contributed by atoms with Crippen LogP contribution in [-0.4, -0.2) is 83.8 Å². The van der Waals surface area contributed by atoms with E-state index in [-0.39, 0.29) is 6.04 Å². The molecule has 0 radical (unpaired) electrons. The van der Waals surface area contributed by atoms with Crippen molar-refractivity contribution in [2.24, 2.45) is 0 Å². The van der Waals surface area contributed by atoms with Gasteiger partial charge in [-0.2, -0.15) is 0 Å². The standard InChI is InChI=1S/C20H25ClN8O3/c1-20(31)13(32-2)5-12(17(20)30)29-10-26-16-18(24-9-25-19(16)29)27-11-3-4-28(7-11)15-6-14(21)22-8-23-15/h6,8-13,17,30-31H,3-5,7H2,1-2H3,(H,24,25,27)/t11-,12+,13+,17-,20-/m0/s1. The van der Waals surface area contributed by atoms with E-state index in [1.54, 1.807) is 23.9 Å². The van der Waals surface area contributed by atoms with Gasteiger partial charge in [-0.15, -0.1) is 0 Å². The summed E-state index contributed by atoms with van der Waals surface area (Å²) in [6.07, 6.45) is 4.42. The molecule has 5 rings (SSSR count). The van der Waals surface area contributed by atoms with Crippen LogP contribution in [0.4, 0.5) is 11.6 Å². The fourth-order valence-electron chi connectivity index (χ4n) is 4.74. The van der Waals surface area contributed by atoms with Gasteiger partial charge in [-0.1, -0.05) is 11.6 Å². The van der Waals surface area contributed by atoms with Crippen molar-refractivity contribution in [1.29, 1.82) is 0 Å². The average Bonchev–Trinajstić information content (AvgIpc) is 3.46. The molecule has 1 aliphatic heterocycles. The number of halogens is 1. The maximum atomic E-state index is 10.7. The Hall–Kier alpha value is -2.60. The highest BCUT2D eigenvalue weighted by molar-refractivity contribution is 6.29. The minimum Gasteiger partial charge on any atom is -0.388 e. The van der Waals surface area contributed by atoms with E-state index in [1.807, 2.05) is 0 Å². The van der Waals surface area contributed by atoms with Crippen molar-refractivity contribution in [2.45, 2.75) is 49.7 Å². The molecule has 1 saturated heterocycles. The van der Waals surface area contributed by atoms with Crippen molar-refractivity contribution in [3.63, 3.8) is 0 Å². The van der Waals surface area contributed by atoms with Gasteiger partial charge < -0.3 is 29.7 Å². The number of aliphatic hydroxyl groups excluding tert-OH is 1.